The van der Waals surface area contributed by atoms with E-state index in [0.29, 0.717) is 29.2 Å². The van der Waals surface area contributed by atoms with Crippen molar-refractivity contribution in [2.75, 3.05) is 27.7 Å². The molecule has 3 aliphatic rings. The van der Waals surface area contributed by atoms with E-state index in [-0.39, 0.29) is 29.6 Å². The van der Waals surface area contributed by atoms with Crippen molar-refractivity contribution in [1.29, 1.82) is 0 Å². The van der Waals surface area contributed by atoms with Crippen LogP contribution in [0.15, 0.2) is 36.4 Å². The van der Waals surface area contributed by atoms with E-state index in [1.54, 1.807) is 14.1 Å². The van der Waals surface area contributed by atoms with Crippen LogP contribution < -0.4 is 5.73 Å². The summed E-state index contributed by atoms with van der Waals surface area (Å²) in [6, 6.07) is 10.4. The molecule has 11 heteroatoms. The van der Waals surface area contributed by atoms with Gasteiger partial charge in [-0.15, -0.1) is 0 Å². The minimum atomic E-state index is -2.76. The molecule has 6 atom stereocenters. The number of phenolic OH excluding ortho intramolecular Hbond substituents is 1. The number of primary amides is 1. The zero-order chi connectivity index (χ0) is 32.5. The molecule has 2 aromatic carbocycles. The number of fused-ring (bicyclic) bond motifs is 3. The molecule has 1 amide bonds. The first-order chi connectivity index (χ1) is 20.5. The van der Waals surface area contributed by atoms with Crippen LogP contribution in [-0.2, 0) is 37.6 Å². The molecule has 5 rings (SSSR count). The van der Waals surface area contributed by atoms with Gasteiger partial charge in [0.25, 0.3) is 0 Å². The summed E-state index contributed by atoms with van der Waals surface area (Å²) in [6.45, 7) is 5.32. The first-order valence-corrected chi connectivity index (χ1v) is 15.0. The summed E-state index contributed by atoms with van der Waals surface area (Å²) in [5.74, 6) is -10.9. The first kappa shape index (κ1) is 32.0. The quantitative estimate of drug-likeness (QED) is 0.392. The van der Waals surface area contributed by atoms with Crippen LogP contribution in [0.2, 0.25) is 5.02 Å². The molecule has 0 aliphatic heterocycles. The van der Waals surface area contributed by atoms with E-state index >= 15 is 0 Å². The largest absolute Gasteiger partial charge is 0.507 e. The van der Waals surface area contributed by atoms with Crippen LogP contribution in [-0.4, -0.2) is 88.4 Å². The number of ketones is 4. The van der Waals surface area contributed by atoms with E-state index in [9.17, 15) is 34.2 Å². The Kier molecular flexibility index (Phi) is 8.12. The number of aliphatic hydroxyl groups is 1. The van der Waals surface area contributed by atoms with Gasteiger partial charge in [0.2, 0.25) is 5.91 Å². The summed E-state index contributed by atoms with van der Waals surface area (Å²) >= 11 is 6.92. The topological polar surface area (TPSA) is 158 Å². The number of likely N-dealkylation sites (N-methyl/N-ethyl adjacent to an activating group) is 2. The summed E-state index contributed by atoms with van der Waals surface area (Å²) < 4.78 is 0. The number of phenols is 1. The first-order valence-electron chi connectivity index (χ1n) is 14.6. The number of amides is 1. The maximum atomic E-state index is 14.0. The van der Waals surface area contributed by atoms with Gasteiger partial charge in [-0.3, -0.25) is 28.9 Å². The highest BCUT2D eigenvalue weighted by Crippen LogP contribution is 2.52. The molecule has 2 aromatic rings. The summed E-state index contributed by atoms with van der Waals surface area (Å²) in [5, 5.41) is 23.1. The van der Waals surface area contributed by atoms with Gasteiger partial charge in [0.05, 0.1) is 17.5 Å². The summed E-state index contributed by atoms with van der Waals surface area (Å²) in [4.78, 5) is 70.2. The second-order valence-electron chi connectivity index (χ2n) is 13.4. The van der Waals surface area contributed by atoms with Crippen molar-refractivity contribution in [2.45, 2.75) is 50.3 Å². The zero-order valence-electron chi connectivity index (χ0n) is 25.5. The average molecular weight is 624 g/mol. The van der Waals surface area contributed by atoms with E-state index in [4.69, 9.17) is 17.3 Å². The van der Waals surface area contributed by atoms with Crippen LogP contribution in [0, 0.1) is 23.7 Å². The normalized spacial score (nSPS) is 28.6. The van der Waals surface area contributed by atoms with Crippen LogP contribution in [0.3, 0.4) is 0 Å². The third kappa shape index (κ3) is 4.88. The lowest BCUT2D eigenvalue weighted by Gasteiger charge is -2.52. The number of hydrogen-bond donors (Lipinski definition) is 3. The minimum Gasteiger partial charge on any atom is -0.507 e. The molecule has 4 N–H and O–H groups in total. The second-order valence-corrected chi connectivity index (χ2v) is 13.8. The number of carbonyl (C=O) groups is 5. The van der Waals surface area contributed by atoms with Crippen LogP contribution >= 0.6 is 11.6 Å². The molecule has 2 fully saturated rings. The number of nitrogens with two attached hydrogens (primary N) is 1. The molecule has 44 heavy (non-hydrogen) atoms. The Morgan fingerprint density at radius 2 is 1.73 bits per heavy atom. The number of hydrogen-bond acceptors (Lipinski definition) is 9. The average Bonchev–Trinajstić information content (AvgIpc) is 2.93. The third-order valence-electron chi connectivity index (χ3n) is 9.73. The number of rotatable bonds is 7. The van der Waals surface area contributed by atoms with Crippen LogP contribution in [0.4, 0.5) is 0 Å². The van der Waals surface area contributed by atoms with Crippen molar-refractivity contribution in [3.63, 3.8) is 0 Å². The SMILES string of the molecule is CN(Cc1cc(O)c2c(c1Cl)C[C@H]1C[C@H]3[C@H](N(C)C)C(=O)C(C(N)=O)C(=O)[C@@]3(O)C(=O)C1C2=O)CC(C)(C)c1ccccc1. The van der Waals surface area contributed by atoms with Crippen molar-refractivity contribution >= 4 is 40.6 Å². The zero-order valence-corrected chi connectivity index (χ0v) is 26.2. The highest BCUT2D eigenvalue weighted by atomic mass is 35.5. The van der Waals surface area contributed by atoms with Crippen LogP contribution in [0.1, 0.15) is 47.3 Å². The molecule has 3 aliphatic carbocycles. The fourth-order valence-corrected chi connectivity index (χ4v) is 8.11. The molecule has 0 heterocycles. The predicted molar refractivity (Wildman–Crippen MR) is 162 cm³/mol. The highest BCUT2D eigenvalue weighted by Gasteiger charge is 2.69. The van der Waals surface area contributed by atoms with Crippen molar-refractivity contribution in [1.82, 2.24) is 9.80 Å². The summed E-state index contributed by atoms with van der Waals surface area (Å²) in [5.41, 5.74) is 4.48. The van der Waals surface area contributed by atoms with Crippen molar-refractivity contribution < 1.29 is 34.2 Å². The van der Waals surface area contributed by atoms with Crippen molar-refractivity contribution in [3.05, 3.63) is 63.7 Å². The number of carbonyl (C=O) groups excluding carboxylic acids is 5. The highest BCUT2D eigenvalue weighted by molar-refractivity contribution is 6.34. The van der Waals surface area contributed by atoms with Gasteiger partial charge in [-0.25, -0.2) is 0 Å². The van der Waals surface area contributed by atoms with E-state index in [0.717, 1.165) is 0 Å². The molecule has 0 aromatic heterocycles. The fraction of sp³-hybridized carbons (Fsp3) is 0.485. The maximum absolute atomic E-state index is 14.0. The molecule has 0 radical (unpaired) electrons. The lowest BCUT2D eigenvalue weighted by atomic mass is 9.52. The molecule has 0 spiro atoms. The van der Waals surface area contributed by atoms with E-state index < -0.39 is 64.4 Å². The molecular formula is C33H38ClN3O7. The van der Waals surface area contributed by atoms with Crippen LogP contribution in [0.25, 0.3) is 0 Å². The van der Waals surface area contributed by atoms with Crippen molar-refractivity contribution in [3.8, 4) is 5.75 Å². The molecule has 234 valence electrons. The standard InChI is InChI=1S/C33H38ClN3O7/c1-32(2,18-9-7-6-8-10-18)15-37(5)14-17-13-21(38)23-19(25(17)34)11-16-12-20-26(36(3)4)28(40)24(31(35)43)30(42)33(20,44)29(41)22(16)27(23)39/h6-10,13,16,20,22,24,26,38,44H,11-12,14-15H2,1-5H3,(H2,35,43)/t16-,20-,22?,24?,26-,33-/m0/s1. The van der Waals surface area contributed by atoms with Gasteiger partial charge in [0, 0.05) is 29.4 Å². The van der Waals surface area contributed by atoms with Gasteiger partial charge >= 0.3 is 0 Å². The Bertz CT molecular complexity index is 1570. The molecular weight excluding hydrogens is 586 g/mol. The Balaban J connectivity index is 1.49. The number of Topliss-reactive ketones (excluding diaryl/α,β-unsaturated/α-hetero) is 4. The number of nitrogens with zero attached hydrogens (tertiary/aromatic N) is 2. The number of halogens is 1. The smallest absolute Gasteiger partial charge is 0.235 e. The van der Waals surface area contributed by atoms with Gasteiger partial charge in [-0.2, -0.15) is 0 Å². The fourth-order valence-electron chi connectivity index (χ4n) is 7.82. The lowest BCUT2D eigenvalue weighted by Crippen LogP contribution is -2.74. The van der Waals surface area contributed by atoms with Crippen LogP contribution in [0.5, 0.6) is 5.75 Å². The number of benzene rings is 2. The van der Waals surface area contributed by atoms with Gasteiger partial charge in [-0.1, -0.05) is 55.8 Å². The van der Waals surface area contributed by atoms with E-state index in [1.807, 2.05) is 25.2 Å². The van der Waals surface area contributed by atoms with E-state index in [1.165, 1.54) is 16.5 Å². The van der Waals surface area contributed by atoms with Gasteiger partial charge in [0.15, 0.2) is 34.7 Å². The summed E-state index contributed by atoms with van der Waals surface area (Å²) in [7, 11) is 5.04. The molecule has 2 saturated carbocycles. The lowest BCUT2D eigenvalue weighted by molar-refractivity contribution is -0.181. The monoisotopic (exact) mass is 623 g/mol. The third-order valence-corrected chi connectivity index (χ3v) is 10.2. The Hall–Kier alpha value is -3.44. The Morgan fingerprint density at radius 3 is 2.32 bits per heavy atom. The number of aromatic hydroxyl groups is 1. The minimum absolute atomic E-state index is 0.0314. The molecule has 10 nitrogen and oxygen atoms in total. The van der Waals surface area contributed by atoms with Gasteiger partial charge in [0.1, 0.15) is 5.75 Å². The van der Waals surface area contributed by atoms with Gasteiger partial charge in [-0.05, 0) is 62.7 Å². The van der Waals surface area contributed by atoms with E-state index in [2.05, 4.69) is 30.9 Å². The predicted octanol–water partition coefficient (Wildman–Crippen LogP) is 1.93. The summed E-state index contributed by atoms with van der Waals surface area (Å²) in [6.07, 6.45) is 0.0850. The maximum Gasteiger partial charge on any atom is 0.235 e. The van der Waals surface area contributed by atoms with Crippen molar-refractivity contribution in [2.24, 2.45) is 29.4 Å². The van der Waals surface area contributed by atoms with Gasteiger partial charge < -0.3 is 20.8 Å². The second kappa shape index (κ2) is 11.2. The molecule has 2 unspecified atom stereocenters. The molecule has 0 bridgehead atoms. The Labute approximate surface area is 261 Å². The molecule has 0 saturated heterocycles. The Morgan fingerprint density at radius 1 is 1.09 bits per heavy atom.